The fraction of sp³-hybridized carbons (Fsp3) is 0.368. The summed E-state index contributed by atoms with van der Waals surface area (Å²) >= 11 is 5.65. The van der Waals surface area contributed by atoms with Crippen LogP contribution in [-0.2, 0) is 9.53 Å². The summed E-state index contributed by atoms with van der Waals surface area (Å²) in [6, 6.07) is 9.15. The summed E-state index contributed by atoms with van der Waals surface area (Å²) in [7, 11) is 1.72. The maximum atomic E-state index is 13.5. The van der Waals surface area contributed by atoms with Crippen LogP contribution in [0.5, 0.6) is 0 Å². The van der Waals surface area contributed by atoms with Crippen molar-refractivity contribution >= 4 is 29.2 Å². The van der Waals surface area contributed by atoms with Gasteiger partial charge in [0.1, 0.15) is 10.7 Å². The molecule has 1 unspecified atom stereocenters. The first-order chi connectivity index (χ1) is 13.2. The van der Waals surface area contributed by atoms with E-state index in [9.17, 15) is 4.79 Å². The Bertz CT molecular complexity index is 992. The number of H-pyrrole nitrogens is 1. The number of hydrogen-bond acceptors (Lipinski definition) is 5. The maximum Gasteiger partial charge on any atom is 0.250 e. The number of aromatic nitrogens is 4. The molecule has 0 spiro atoms. The number of benzene rings is 1. The van der Waals surface area contributed by atoms with Gasteiger partial charge >= 0.3 is 0 Å². The van der Waals surface area contributed by atoms with E-state index in [1.54, 1.807) is 24.2 Å². The van der Waals surface area contributed by atoms with Crippen LogP contribution >= 0.6 is 12.2 Å². The van der Waals surface area contributed by atoms with E-state index < -0.39 is 6.04 Å². The van der Waals surface area contributed by atoms with Gasteiger partial charge in [-0.25, -0.2) is 4.98 Å². The molecule has 1 amide bonds. The highest BCUT2D eigenvalue weighted by Gasteiger charge is 2.31. The minimum absolute atomic E-state index is 0.0245. The number of fused-ring (bicyclic) bond motifs is 1. The predicted octanol–water partition coefficient (Wildman–Crippen LogP) is 2.72. The second-order valence-corrected chi connectivity index (χ2v) is 7.05. The van der Waals surface area contributed by atoms with Gasteiger partial charge in [-0.3, -0.25) is 9.89 Å². The van der Waals surface area contributed by atoms with Crippen molar-refractivity contribution in [3.63, 3.8) is 0 Å². The van der Waals surface area contributed by atoms with Gasteiger partial charge in [0.25, 0.3) is 0 Å². The van der Waals surface area contributed by atoms with Crippen LogP contribution in [0, 0.1) is 4.64 Å². The Labute approximate surface area is 162 Å². The lowest BCUT2D eigenvalue weighted by molar-refractivity contribution is -0.136. The van der Waals surface area contributed by atoms with Crippen molar-refractivity contribution < 1.29 is 9.53 Å². The Morgan fingerprint density at radius 1 is 1.30 bits per heavy atom. The van der Waals surface area contributed by atoms with Gasteiger partial charge in [0.2, 0.25) is 5.91 Å². The molecule has 3 aromatic rings. The zero-order valence-corrected chi connectivity index (χ0v) is 15.9. The number of piperidine rings is 1. The molecule has 1 atom stereocenters. The van der Waals surface area contributed by atoms with Crippen molar-refractivity contribution in [3.8, 4) is 0 Å². The lowest BCUT2D eigenvalue weighted by atomic mass is 10.0. The number of nitrogens with one attached hydrogen (secondary N) is 1. The number of ether oxygens (including phenoxy) is 1. The number of carbonyl (C=O) groups excluding carboxylic acids is 1. The van der Waals surface area contributed by atoms with Crippen molar-refractivity contribution in [2.45, 2.75) is 25.0 Å². The summed E-state index contributed by atoms with van der Waals surface area (Å²) in [6.45, 7) is 1.35. The van der Waals surface area contributed by atoms with E-state index in [1.165, 1.54) is 0 Å². The third-order valence-electron chi connectivity index (χ3n) is 5.11. The molecule has 140 valence electrons. The summed E-state index contributed by atoms with van der Waals surface area (Å²) in [5, 5.41) is 7.57. The van der Waals surface area contributed by atoms with E-state index in [2.05, 4.69) is 15.2 Å². The number of amides is 1. The van der Waals surface area contributed by atoms with Crippen molar-refractivity contribution in [3.05, 3.63) is 53.1 Å². The Morgan fingerprint density at radius 2 is 2.04 bits per heavy atom. The fourth-order valence-electron chi connectivity index (χ4n) is 3.57. The molecule has 0 radical (unpaired) electrons. The van der Waals surface area contributed by atoms with Gasteiger partial charge in [-0.2, -0.15) is 5.10 Å². The molecule has 1 aliphatic heterocycles. The lowest BCUT2D eigenvalue weighted by Crippen LogP contribution is -2.44. The molecule has 4 rings (SSSR count). The van der Waals surface area contributed by atoms with Crippen LogP contribution < -0.4 is 0 Å². The molecule has 0 aliphatic carbocycles. The second-order valence-electron chi connectivity index (χ2n) is 6.66. The Kier molecular flexibility index (Phi) is 5.00. The fourth-order valence-corrected chi connectivity index (χ4v) is 3.87. The van der Waals surface area contributed by atoms with Crippen LogP contribution in [-0.4, -0.2) is 56.9 Å². The van der Waals surface area contributed by atoms with E-state index in [0.717, 1.165) is 23.8 Å². The monoisotopic (exact) mass is 383 g/mol. The number of aromatic amines is 1. The highest BCUT2D eigenvalue weighted by molar-refractivity contribution is 7.71. The van der Waals surface area contributed by atoms with Crippen molar-refractivity contribution in [1.29, 1.82) is 0 Å². The number of likely N-dealkylation sites (tertiary alicyclic amines) is 1. The smallest absolute Gasteiger partial charge is 0.250 e. The largest absolute Gasteiger partial charge is 0.381 e. The van der Waals surface area contributed by atoms with Gasteiger partial charge in [-0.05, 0) is 18.4 Å². The zero-order chi connectivity index (χ0) is 18.8. The first-order valence-electron chi connectivity index (χ1n) is 8.96. The van der Waals surface area contributed by atoms with Gasteiger partial charge in [0.15, 0.2) is 5.65 Å². The molecule has 1 aromatic carbocycles. The van der Waals surface area contributed by atoms with Gasteiger partial charge in [-0.1, -0.05) is 42.5 Å². The molecule has 27 heavy (non-hydrogen) atoms. The molecular formula is C19H21N5O2S. The molecule has 1 fully saturated rings. The second kappa shape index (κ2) is 7.58. The third-order valence-corrected chi connectivity index (χ3v) is 5.54. The summed E-state index contributed by atoms with van der Waals surface area (Å²) < 4.78 is 7.74. The zero-order valence-electron chi connectivity index (χ0n) is 15.0. The average molecular weight is 383 g/mol. The van der Waals surface area contributed by atoms with Gasteiger partial charge in [-0.15, -0.1) is 0 Å². The topological polar surface area (TPSA) is 76.0 Å². The number of nitrogens with zero attached hydrogens (tertiary/aromatic N) is 4. The van der Waals surface area contributed by atoms with E-state index in [0.29, 0.717) is 23.4 Å². The van der Waals surface area contributed by atoms with E-state index in [1.807, 2.05) is 35.2 Å². The number of hydrogen-bond donors (Lipinski definition) is 1. The van der Waals surface area contributed by atoms with E-state index in [4.69, 9.17) is 17.0 Å². The lowest BCUT2D eigenvalue weighted by Gasteiger charge is -2.34. The van der Waals surface area contributed by atoms with E-state index in [-0.39, 0.29) is 12.0 Å². The number of carbonyl (C=O) groups is 1. The SMILES string of the molecule is COC1CCN(C(=O)C(c2ccccc2)n2cnc3[nH]ncc3c2=S)CC1. The molecule has 1 saturated heterocycles. The summed E-state index contributed by atoms with van der Waals surface area (Å²) in [6.07, 6.45) is 5.18. The van der Waals surface area contributed by atoms with Crippen LogP contribution in [0.3, 0.4) is 0 Å². The molecule has 3 heterocycles. The van der Waals surface area contributed by atoms with Crippen LogP contribution in [0.2, 0.25) is 0 Å². The van der Waals surface area contributed by atoms with Crippen molar-refractivity contribution in [2.75, 3.05) is 20.2 Å². The molecule has 8 heteroatoms. The Hall–Kier alpha value is -2.58. The summed E-state index contributed by atoms with van der Waals surface area (Å²) in [5.41, 5.74) is 1.51. The third kappa shape index (κ3) is 3.38. The minimum Gasteiger partial charge on any atom is -0.381 e. The van der Waals surface area contributed by atoms with Crippen molar-refractivity contribution in [2.24, 2.45) is 0 Å². The van der Waals surface area contributed by atoms with Gasteiger partial charge in [0.05, 0.1) is 24.0 Å². The average Bonchev–Trinajstić information content (AvgIpc) is 3.20. The molecule has 0 bridgehead atoms. The normalized spacial score (nSPS) is 16.6. The highest BCUT2D eigenvalue weighted by Crippen LogP contribution is 2.25. The molecule has 2 aromatic heterocycles. The molecule has 0 saturated carbocycles. The Balaban J connectivity index is 1.74. The number of rotatable bonds is 4. The van der Waals surface area contributed by atoms with Crippen LogP contribution in [0.1, 0.15) is 24.4 Å². The first-order valence-corrected chi connectivity index (χ1v) is 9.36. The number of methoxy groups -OCH3 is 1. The molecule has 7 nitrogen and oxygen atoms in total. The van der Waals surface area contributed by atoms with E-state index >= 15 is 0 Å². The highest BCUT2D eigenvalue weighted by atomic mass is 32.1. The summed E-state index contributed by atoms with van der Waals surface area (Å²) in [5.74, 6) is 0.0245. The van der Waals surface area contributed by atoms with Crippen LogP contribution in [0.25, 0.3) is 11.0 Å². The van der Waals surface area contributed by atoms with Crippen LogP contribution in [0.4, 0.5) is 0 Å². The standard InChI is InChI=1S/C19H21N5O2S/c1-26-14-7-9-23(10-8-14)18(25)16(13-5-3-2-4-6-13)24-12-20-17-15(19(24)27)11-21-22-17/h2-6,11-12,14,16H,7-10H2,1H3,(H,21,22). The quantitative estimate of drug-likeness (QED) is 0.701. The van der Waals surface area contributed by atoms with Gasteiger partial charge < -0.3 is 14.2 Å². The minimum atomic E-state index is -0.551. The first kappa shape index (κ1) is 17.8. The molecule has 1 N–H and O–H groups in total. The van der Waals surface area contributed by atoms with Crippen molar-refractivity contribution in [1.82, 2.24) is 24.6 Å². The predicted molar refractivity (Wildman–Crippen MR) is 104 cm³/mol. The molecular weight excluding hydrogens is 362 g/mol. The van der Waals surface area contributed by atoms with Crippen LogP contribution in [0.15, 0.2) is 42.9 Å². The van der Waals surface area contributed by atoms with Gasteiger partial charge in [0, 0.05) is 20.2 Å². The molecule has 1 aliphatic rings. The Morgan fingerprint density at radius 3 is 2.74 bits per heavy atom. The maximum absolute atomic E-state index is 13.5. The summed E-state index contributed by atoms with van der Waals surface area (Å²) in [4.78, 5) is 19.8.